The molecule has 7 heteroatoms. The van der Waals surface area contributed by atoms with Gasteiger partial charge >= 0.3 is 0 Å². The van der Waals surface area contributed by atoms with Crippen LogP contribution in [-0.2, 0) is 25.7 Å². The molecule has 0 aliphatic rings. The predicted molar refractivity (Wildman–Crippen MR) is 282 cm³/mol. The van der Waals surface area contributed by atoms with Crippen LogP contribution in [0.5, 0.6) is 0 Å². The zero-order chi connectivity index (χ0) is 52.7. The Labute approximate surface area is 418 Å². The number of fused-ring (bicyclic) bond motifs is 3. The van der Waals surface area contributed by atoms with Gasteiger partial charge in [-0.1, -0.05) is 91.0 Å². The maximum Gasteiger partial charge on any atom is 0.131 e. The summed E-state index contributed by atoms with van der Waals surface area (Å²) in [6.45, 7) is -4.97. The smallest absolute Gasteiger partial charge is 0.131 e. The monoisotopic (exact) mass is 939 g/mol. The zero-order valence-corrected chi connectivity index (χ0v) is 38.5. The number of benzene rings is 7. The Balaban J connectivity index is 1.03. The van der Waals surface area contributed by atoms with Crippen molar-refractivity contribution in [2.45, 2.75) is 39.4 Å². The lowest BCUT2D eigenvalue weighted by Gasteiger charge is -2.18. The van der Waals surface area contributed by atoms with Crippen LogP contribution in [0.3, 0.4) is 0 Å². The first kappa shape index (κ1) is 37.9. The third-order valence-electron chi connectivity index (χ3n) is 12.9. The first-order valence-corrected chi connectivity index (χ1v) is 23.8. The summed E-state index contributed by atoms with van der Waals surface area (Å²) in [5, 5.41) is 2.30. The molecule has 0 spiro atoms. The van der Waals surface area contributed by atoms with Crippen molar-refractivity contribution in [2.75, 3.05) is 0 Å². The fraction of sp³-hybridized carbons (Fsp3) is 0.0952. The zero-order valence-electron chi connectivity index (χ0n) is 43.7. The molecule has 0 saturated carbocycles. The van der Waals surface area contributed by atoms with Crippen LogP contribution in [-0.4, -0.2) is 15.0 Å². The molecule has 0 fully saturated rings. The number of halogens is 3. The van der Waals surface area contributed by atoms with Crippen LogP contribution < -0.4 is 0 Å². The quantitative estimate of drug-likeness (QED) is 0.122. The third kappa shape index (κ3) is 9.16. The highest BCUT2D eigenvalue weighted by atomic mass is 32.1. The van der Waals surface area contributed by atoms with E-state index in [-0.39, 0.29) is 24.0 Å². The van der Waals surface area contributed by atoms with Crippen LogP contribution in [0.15, 0.2) is 195 Å². The molecule has 3 nitrogen and oxygen atoms in total. The lowest BCUT2D eigenvalue weighted by atomic mass is 9.87. The van der Waals surface area contributed by atoms with E-state index in [2.05, 4.69) is 40.3 Å². The molecule has 0 aliphatic heterocycles. The molecule has 0 saturated heterocycles. The predicted octanol–water partition coefficient (Wildman–Crippen LogP) is 16.8. The molecule has 11 rings (SSSR count). The fourth-order valence-corrected chi connectivity index (χ4v) is 10.4. The van der Waals surface area contributed by atoms with Crippen LogP contribution in [0.2, 0.25) is 0 Å². The maximum atomic E-state index is 17.2. The van der Waals surface area contributed by atoms with E-state index in [9.17, 15) is 8.78 Å². The number of nitrogens with zero attached hydrogens (tertiary/aromatic N) is 3. The topological polar surface area (TPSA) is 38.7 Å². The summed E-state index contributed by atoms with van der Waals surface area (Å²) in [5.41, 5.74) is 10.5. The van der Waals surface area contributed by atoms with Gasteiger partial charge in [0.15, 0.2) is 0 Å². The van der Waals surface area contributed by atoms with Crippen LogP contribution in [0, 0.1) is 31.2 Å². The molecule has 70 heavy (non-hydrogen) atoms. The van der Waals surface area contributed by atoms with Gasteiger partial charge in [0, 0.05) is 74.8 Å². The Bertz CT molecular complexity index is 3820. The molecule has 7 aromatic carbocycles. The minimum absolute atomic E-state index is 0.132. The molecule has 0 amide bonds. The van der Waals surface area contributed by atoms with Crippen molar-refractivity contribution in [1.29, 1.82) is 0 Å². The van der Waals surface area contributed by atoms with Gasteiger partial charge in [-0.3, -0.25) is 15.0 Å². The summed E-state index contributed by atoms with van der Waals surface area (Å²) < 4.78 is 98.2. The Morgan fingerprint density at radius 1 is 0.414 bits per heavy atom. The molecule has 11 aromatic rings. The van der Waals surface area contributed by atoms with Crippen molar-refractivity contribution in [1.82, 2.24) is 15.0 Å². The molecule has 0 unspecified atom stereocenters. The summed E-state index contributed by atoms with van der Waals surface area (Å²) in [6.07, 6.45) is 6.20. The van der Waals surface area contributed by atoms with Gasteiger partial charge in [-0.15, -0.1) is 11.3 Å². The van der Waals surface area contributed by atoms with Gasteiger partial charge in [0.05, 0.1) is 17.1 Å². The number of rotatable bonds is 12. The number of aryl methyl sites for hydroxylation is 6. The molecular weight excluding hydrogens is 888 g/mol. The van der Waals surface area contributed by atoms with Crippen LogP contribution >= 0.6 is 11.3 Å². The SMILES string of the molecule is [2H]C([2H])([2H])c1cc(-c2ccc(F)cc2)ncc1CCc1cc(CCc2cnc(-c3ccc(F)cc3)cc2C([2H])([2H])[2H])cc(-c2cccc(F)c2-c2cnc(-c3ccccc3)cc2-c2ccc3c(c2)sc2ccccc23)c1. The van der Waals surface area contributed by atoms with Gasteiger partial charge in [0.2, 0.25) is 0 Å². The highest BCUT2D eigenvalue weighted by Gasteiger charge is 2.21. The molecule has 4 aromatic heterocycles. The highest BCUT2D eigenvalue weighted by Crippen LogP contribution is 2.44. The molecule has 0 atom stereocenters. The summed E-state index contributed by atoms with van der Waals surface area (Å²) in [5.74, 6) is -1.28. The molecule has 0 aliphatic carbocycles. The Morgan fingerprint density at radius 2 is 0.971 bits per heavy atom. The highest BCUT2D eigenvalue weighted by molar-refractivity contribution is 7.25. The van der Waals surface area contributed by atoms with Gasteiger partial charge in [-0.2, -0.15) is 0 Å². The van der Waals surface area contributed by atoms with Gasteiger partial charge in [-0.25, -0.2) is 13.2 Å². The van der Waals surface area contributed by atoms with Gasteiger partial charge in [-0.05, 0) is 180 Å². The van der Waals surface area contributed by atoms with E-state index in [0.29, 0.717) is 68.7 Å². The molecule has 0 radical (unpaired) electrons. The van der Waals surface area contributed by atoms with Crippen LogP contribution in [0.4, 0.5) is 13.2 Å². The van der Waals surface area contributed by atoms with Gasteiger partial charge < -0.3 is 0 Å². The van der Waals surface area contributed by atoms with E-state index in [1.54, 1.807) is 72.4 Å². The fourth-order valence-electron chi connectivity index (χ4n) is 9.28. The summed E-state index contributed by atoms with van der Waals surface area (Å²) in [4.78, 5) is 14.2. The molecule has 0 N–H and O–H groups in total. The maximum absolute atomic E-state index is 17.2. The number of pyridine rings is 3. The minimum Gasteiger partial charge on any atom is -0.256 e. The van der Waals surface area contributed by atoms with Crippen molar-refractivity contribution >= 4 is 31.5 Å². The molecule has 340 valence electrons. The van der Waals surface area contributed by atoms with Crippen molar-refractivity contribution in [3.8, 4) is 67.2 Å². The second kappa shape index (κ2) is 19.2. The van der Waals surface area contributed by atoms with Crippen molar-refractivity contribution in [2.24, 2.45) is 0 Å². The number of thiophene rings is 1. The lowest BCUT2D eigenvalue weighted by Crippen LogP contribution is -2.01. The van der Waals surface area contributed by atoms with Crippen LogP contribution in [0.25, 0.3) is 87.3 Å². The summed E-state index contributed by atoms with van der Waals surface area (Å²) >= 11 is 1.70. The largest absolute Gasteiger partial charge is 0.256 e. The van der Waals surface area contributed by atoms with E-state index in [0.717, 1.165) is 43.6 Å². The van der Waals surface area contributed by atoms with E-state index in [1.807, 2.05) is 72.8 Å². The van der Waals surface area contributed by atoms with Crippen molar-refractivity contribution in [3.63, 3.8) is 0 Å². The standard InChI is InChI=1S/C63H46F3N3S/c1-39-29-58(44-19-24-50(64)25-20-44)67-36-47(39)17-15-41-31-42(16-18-48-37-68-59(30-40(48)2)45-21-26-51(65)27-22-45)33-49(32-41)52-12-8-13-57(66)63(52)56-38-69-60(43-9-4-3-5-10-43)35-55(56)46-23-28-54-53-11-6-7-14-61(53)70-62(54)34-46/h3-14,19-38H,15-18H2,1-2H3/i1D3,2D3. The minimum atomic E-state index is -2.49. The van der Waals surface area contributed by atoms with E-state index in [4.69, 9.17) is 13.2 Å². The average molecular weight is 940 g/mol. The first-order valence-electron chi connectivity index (χ1n) is 26.0. The Kier molecular flexibility index (Phi) is 10.4. The first-order chi connectivity index (χ1) is 36.6. The van der Waals surface area contributed by atoms with E-state index < -0.39 is 31.2 Å². The van der Waals surface area contributed by atoms with Crippen molar-refractivity contribution in [3.05, 3.63) is 245 Å². The number of aromatic nitrogens is 3. The normalized spacial score (nSPS) is 13.1. The summed E-state index contributed by atoms with van der Waals surface area (Å²) in [6, 6.07) is 52.2. The molecule has 0 bridgehead atoms. The van der Waals surface area contributed by atoms with E-state index >= 15 is 4.39 Å². The second-order valence-corrected chi connectivity index (χ2v) is 18.5. The Hall–Kier alpha value is -8.00. The second-order valence-electron chi connectivity index (χ2n) is 17.5. The van der Waals surface area contributed by atoms with Crippen LogP contribution in [0.1, 0.15) is 41.6 Å². The Morgan fingerprint density at radius 3 is 1.61 bits per heavy atom. The third-order valence-corrected chi connectivity index (χ3v) is 14.1. The lowest BCUT2D eigenvalue weighted by molar-refractivity contribution is 0.627. The van der Waals surface area contributed by atoms with Gasteiger partial charge in [0.1, 0.15) is 17.5 Å². The average Bonchev–Trinajstić information content (AvgIpc) is 3.82. The van der Waals surface area contributed by atoms with Gasteiger partial charge in [0.25, 0.3) is 0 Å². The number of hydrogen-bond donors (Lipinski definition) is 0. The molecule has 4 heterocycles. The molecular formula is C63H46F3N3S. The number of hydrogen-bond acceptors (Lipinski definition) is 4. The summed E-state index contributed by atoms with van der Waals surface area (Å²) in [7, 11) is 0. The van der Waals surface area contributed by atoms with E-state index in [1.165, 1.54) is 40.4 Å². The van der Waals surface area contributed by atoms with Crippen molar-refractivity contribution < 1.29 is 21.4 Å².